The second-order valence-corrected chi connectivity index (χ2v) is 5.98. The van der Waals surface area contributed by atoms with Gasteiger partial charge in [-0.1, -0.05) is 23.8 Å². The molecule has 3 heteroatoms. The topological polar surface area (TPSA) is 48.0 Å². The molecule has 0 radical (unpaired) electrons. The summed E-state index contributed by atoms with van der Waals surface area (Å²) in [6.45, 7) is 10.5. The number of rotatable bonds is 3. The molecule has 1 aromatic carbocycles. The van der Waals surface area contributed by atoms with Crippen molar-refractivity contribution in [2.24, 2.45) is 5.73 Å². The molecular weight excluding hydrogens is 260 g/mol. The summed E-state index contributed by atoms with van der Waals surface area (Å²) in [5.74, 6) is 0. The van der Waals surface area contributed by atoms with Crippen LogP contribution in [0.2, 0.25) is 0 Å². The summed E-state index contributed by atoms with van der Waals surface area (Å²) in [5, 5.41) is 0. The molecule has 1 aromatic heterocycles. The second kappa shape index (κ2) is 5.86. The zero-order valence-electron chi connectivity index (χ0n) is 13.5. The quantitative estimate of drug-likeness (QED) is 0.938. The normalized spacial score (nSPS) is 11.2. The van der Waals surface area contributed by atoms with Crippen LogP contribution in [0.25, 0.3) is 11.3 Å². The molecule has 2 aromatic rings. The fourth-order valence-electron chi connectivity index (χ4n) is 2.85. The van der Waals surface area contributed by atoms with E-state index in [-0.39, 0.29) is 18.1 Å². The molecule has 0 unspecified atom stereocenters. The Labute approximate surface area is 126 Å². The molecule has 0 saturated carbocycles. The summed E-state index contributed by atoms with van der Waals surface area (Å²) in [6, 6.07) is 8.51. The molecule has 0 aliphatic carbocycles. The van der Waals surface area contributed by atoms with Crippen LogP contribution in [0.3, 0.4) is 0 Å². The first-order valence-corrected chi connectivity index (χ1v) is 7.39. The summed E-state index contributed by atoms with van der Waals surface area (Å²) in [6.07, 6.45) is 0. The maximum Gasteiger partial charge on any atom is 0.256 e. The van der Waals surface area contributed by atoms with Crippen LogP contribution in [-0.2, 0) is 6.54 Å². The van der Waals surface area contributed by atoms with Gasteiger partial charge in [-0.2, -0.15) is 0 Å². The maximum absolute atomic E-state index is 12.7. The zero-order chi connectivity index (χ0) is 15.7. The molecule has 2 rings (SSSR count). The molecule has 3 nitrogen and oxygen atoms in total. The van der Waals surface area contributed by atoms with Gasteiger partial charge < -0.3 is 10.3 Å². The first-order chi connectivity index (χ1) is 9.86. The Hall–Kier alpha value is -1.87. The van der Waals surface area contributed by atoms with Crippen molar-refractivity contribution in [2.75, 3.05) is 0 Å². The first kappa shape index (κ1) is 15.5. The minimum absolute atomic E-state index is 0.0301. The predicted molar refractivity (Wildman–Crippen MR) is 88.6 cm³/mol. The van der Waals surface area contributed by atoms with Gasteiger partial charge in [0.25, 0.3) is 5.56 Å². The second-order valence-electron chi connectivity index (χ2n) is 5.98. The molecule has 0 amide bonds. The van der Waals surface area contributed by atoms with Crippen molar-refractivity contribution < 1.29 is 0 Å². The van der Waals surface area contributed by atoms with E-state index in [9.17, 15) is 4.79 Å². The summed E-state index contributed by atoms with van der Waals surface area (Å²) >= 11 is 0. The van der Waals surface area contributed by atoms with Crippen LogP contribution < -0.4 is 11.3 Å². The van der Waals surface area contributed by atoms with Crippen molar-refractivity contribution >= 4 is 0 Å². The van der Waals surface area contributed by atoms with Crippen molar-refractivity contribution in [3.8, 4) is 11.3 Å². The first-order valence-electron chi connectivity index (χ1n) is 7.39. The fourth-order valence-corrected chi connectivity index (χ4v) is 2.85. The van der Waals surface area contributed by atoms with E-state index in [0.29, 0.717) is 5.56 Å². The molecule has 0 saturated heterocycles. The highest BCUT2D eigenvalue weighted by atomic mass is 16.1. The van der Waals surface area contributed by atoms with E-state index in [1.807, 2.05) is 25.3 Å². The highest BCUT2D eigenvalue weighted by Gasteiger charge is 2.16. The molecule has 0 fully saturated rings. The van der Waals surface area contributed by atoms with Crippen LogP contribution in [0.4, 0.5) is 0 Å². The Morgan fingerprint density at radius 3 is 2.29 bits per heavy atom. The summed E-state index contributed by atoms with van der Waals surface area (Å²) in [5.41, 5.74) is 11.9. The van der Waals surface area contributed by atoms with Crippen LogP contribution in [0.15, 0.2) is 29.1 Å². The molecule has 21 heavy (non-hydrogen) atoms. The molecular formula is C18H24N2O. The van der Waals surface area contributed by atoms with Crippen molar-refractivity contribution in [3.63, 3.8) is 0 Å². The van der Waals surface area contributed by atoms with Gasteiger partial charge in [0, 0.05) is 23.7 Å². The zero-order valence-corrected chi connectivity index (χ0v) is 13.5. The van der Waals surface area contributed by atoms with Gasteiger partial charge >= 0.3 is 0 Å². The molecule has 0 spiro atoms. The molecule has 112 valence electrons. The SMILES string of the molecule is Cc1ccc(-c2cc(C)c(CN)c(=O)n2C(C)C)c(C)c1. The van der Waals surface area contributed by atoms with Crippen LogP contribution in [0.1, 0.15) is 42.1 Å². The van der Waals surface area contributed by atoms with E-state index in [2.05, 4.69) is 38.1 Å². The monoisotopic (exact) mass is 284 g/mol. The summed E-state index contributed by atoms with van der Waals surface area (Å²) < 4.78 is 1.85. The number of hydrogen-bond donors (Lipinski definition) is 1. The van der Waals surface area contributed by atoms with E-state index in [0.717, 1.165) is 16.8 Å². The lowest BCUT2D eigenvalue weighted by Crippen LogP contribution is -2.29. The van der Waals surface area contributed by atoms with Gasteiger partial charge in [-0.05, 0) is 51.8 Å². The molecule has 0 atom stereocenters. The Morgan fingerprint density at radius 1 is 1.10 bits per heavy atom. The summed E-state index contributed by atoms with van der Waals surface area (Å²) in [4.78, 5) is 12.7. The Kier molecular flexibility index (Phi) is 4.33. The molecule has 2 N–H and O–H groups in total. The van der Waals surface area contributed by atoms with Gasteiger partial charge in [0.1, 0.15) is 0 Å². The Balaban J connectivity index is 2.82. The molecule has 0 aliphatic heterocycles. The number of benzene rings is 1. The minimum atomic E-state index is 0.0301. The highest BCUT2D eigenvalue weighted by molar-refractivity contribution is 5.65. The predicted octanol–water partition coefficient (Wildman–Crippen LogP) is 3.48. The average Bonchev–Trinajstić information content (AvgIpc) is 2.37. The van der Waals surface area contributed by atoms with Crippen molar-refractivity contribution in [2.45, 2.75) is 47.2 Å². The van der Waals surface area contributed by atoms with Gasteiger partial charge in [-0.3, -0.25) is 4.79 Å². The number of hydrogen-bond acceptors (Lipinski definition) is 2. The van der Waals surface area contributed by atoms with Crippen LogP contribution in [0.5, 0.6) is 0 Å². The van der Waals surface area contributed by atoms with E-state index >= 15 is 0 Å². The van der Waals surface area contributed by atoms with Gasteiger partial charge in [0.15, 0.2) is 0 Å². The van der Waals surface area contributed by atoms with E-state index in [4.69, 9.17) is 5.73 Å². The van der Waals surface area contributed by atoms with Crippen LogP contribution in [0, 0.1) is 20.8 Å². The lowest BCUT2D eigenvalue weighted by atomic mass is 9.99. The van der Waals surface area contributed by atoms with Gasteiger partial charge in [0.05, 0.1) is 5.69 Å². The lowest BCUT2D eigenvalue weighted by Gasteiger charge is -2.20. The highest BCUT2D eigenvalue weighted by Crippen LogP contribution is 2.27. The fraction of sp³-hybridized carbons (Fsp3) is 0.389. The van der Waals surface area contributed by atoms with Crippen LogP contribution in [-0.4, -0.2) is 4.57 Å². The van der Waals surface area contributed by atoms with E-state index in [1.54, 1.807) is 0 Å². The average molecular weight is 284 g/mol. The largest absolute Gasteiger partial charge is 0.326 e. The molecule has 0 aliphatic rings. The van der Waals surface area contributed by atoms with Crippen molar-refractivity contribution in [1.29, 1.82) is 0 Å². The standard InChI is InChI=1S/C18H24N2O/c1-11(2)20-17(9-14(5)16(10-19)18(20)21)15-7-6-12(3)8-13(15)4/h6-9,11H,10,19H2,1-5H3. The lowest BCUT2D eigenvalue weighted by molar-refractivity contribution is 0.578. The Morgan fingerprint density at radius 2 is 1.76 bits per heavy atom. The van der Waals surface area contributed by atoms with Crippen molar-refractivity contribution in [1.82, 2.24) is 4.57 Å². The van der Waals surface area contributed by atoms with Gasteiger partial charge in [-0.15, -0.1) is 0 Å². The van der Waals surface area contributed by atoms with E-state index in [1.165, 1.54) is 11.1 Å². The number of nitrogens with two attached hydrogens (primary N) is 1. The smallest absolute Gasteiger partial charge is 0.256 e. The summed E-state index contributed by atoms with van der Waals surface area (Å²) in [7, 11) is 0. The molecule has 1 heterocycles. The third-order valence-electron chi connectivity index (χ3n) is 3.94. The molecule has 0 bridgehead atoms. The van der Waals surface area contributed by atoms with Gasteiger partial charge in [0.2, 0.25) is 0 Å². The Bertz CT molecular complexity index is 727. The maximum atomic E-state index is 12.7. The van der Waals surface area contributed by atoms with Crippen LogP contribution >= 0.6 is 0 Å². The number of aryl methyl sites for hydroxylation is 3. The number of pyridine rings is 1. The van der Waals surface area contributed by atoms with Crippen molar-refractivity contribution in [3.05, 3.63) is 56.9 Å². The van der Waals surface area contributed by atoms with Gasteiger partial charge in [-0.25, -0.2) is 0 Å². The third-order valence-corrected chi connectivity index (χ3v) is 3.94. The van der Waals surface area contributed by atoms with E-state index < -0.39 is 0 Å². The number of aromatic nitrogens is 1. The number of nitrogens with zero attached hydrogens (tertiary/aromatic N) is 1. The third kappa shape index (κ3) is 2.79. The minimum Gasteiger partial charge on any atom is -0.326 e.